The van der Waals surface area contributed by atoms with Crippen molar-refractivity contribution in [2.24, 2.45) is 4.99 Å². The molecule has 12 heteroatoms. The van der Waals surface area contributed by atoms with Crippen molar-refractivity contribution in [2.75, 3.05) is 5.32 Å². The first-order valence-corrected chi connectivity index (χ1v) is 11.8. The number of amides is 1. The number of carbonyl (C=O) groups is 1. The highest BCUT2D eigenvalue weighted by molar-refractivity contribution is 6.31. The van der Waals surface area contributed by atoms with E-state index in [4.69, 9.17) is 23.2 Å². The quantitative estimate of drug-likeness (QED) is 0.266. The molecule has 188 valence electrons. The summed E-state index contributed by atoms with van der Waals surface area (Å²) in [6, 6.07) is 7.89. The van der Waals surface area contributed by atoms with E-state index in [1.165, 1.54) is 18.2 Å². The van der Waals surface area contributed by atoms with Gasteiger partial charge in [-0.2, -0.15) is 18.2 Å². The molecule has 4 rings (SSSR count). The fraction of sp³-hybridized carbons (Fsp3) is 0.391. The highest BCUT2D eigenvalue weighted by Gasteiger charge is 2.49. The van der Waals surface area contributed by atoms with Gasteiger partial charge in [-0.25, -0.2) is 14.8 Å². The van der Waals surface area contributed by atoms with E-state index in [1.807, 2.05) is 0 Å². The van der Waals surface area contributed by atoms with Crippen LogP contribution in [0.25, 0.3) is 0 Å². The first-order chi connectivity index (χ1) is 16.6. The molecule has 0 radical (unpaired) electrons. The maximum absolute atomic E-state index is 13.9. The van der Waals surface area contributed by atoms with Crippen LogP contribution in [-0.4, -0.2) is 41.3 Å². The van der Waals surface area contributed by atoms with Crippen LogP contribution in [-0.2, 0) is 0 Å². The lowest BCUT2D eigenvalue weighted by Gasteiger charge is -2.31. The van der Waals surface area contributed by atoms with Gasteiger partial charge in [0.25, 0.3) is 5.91 Å². The Morgan fingerprint density at radius 3 is 2.49 bits per heavy atom. The van der Waals surface area contributed by atoms with Crippen LogP contribution in [0.2, 0.25) is 10.0 Å². The third kappa shape index (κ3) is 6.63. The summed E-state index contributed by atoms with van der Waals surface area (Å²) in [5, 5.41) is 7.71. The number of halogens is 6. The van der Waals surface area contributed by atoms with Crippen LogP contribution in [0.5, 0.6) is 0 Å². The fourth-order valence-electron chi connectivity index (χ4n) is 4.34. The summed E-state index contributed by atoms with van der Waals surface area (Å²) in [6.45, 7) is 0. The Balaban J connectivity index is 1.64. The zero-order valence-corrected chi connectivity index (χ0v) is 19.9. The van der Waals surface area contributed by atoms with E-state index in [9.17, 15) is 22.4 Å². The van der Waals surface area contributed by atoms with E-state index in [-0.39, 0.29) is 34.7 Å². The summed E-state index contributed by atoms with van der Waals surface area (Å²) < 4.78 is 54.5. The largest absolute Gasteiger partial charge is 0.405 e. The summed E-state index contributed by atoms with van der Waals surface area (Å²) in [5.41, 5.74) is 2.94. The summed E-state index contributed by atoms with van der Waals surface area (Å²) in [4.78, 5) is 16.9. The molecule has 2 aromatic carbocycles. The van der Waals surface area contributed by atoms with Gasteiger partial charge in [0.15, 0.2) is 0 Å². The Labute approximate surface area is 209 Å². The van der Waals surface area contributed by atoms with Gasteiger partial charge in [-0.1, -0.05) is 42.1 Å². The Morgan fingerprint density at radius 1 is 1.09 bits per heavy atom. The molecule has 6 nitrogen and oxygen atoms in total. The van der Waals surface area contributed by atoms with Gasteiger partial charge in [0.05, 0.1) is 6.17 Å². The molecule has 2 aliphatic rings. The van der Waals surface area contributed by atoms with Crippen LogP contribution in [0.15, 0.2) is 47.5 Å². The van der Waals surface area contributed by atoms with E-state index in [1.54, 1.807) is 17.1 Å². The summed E-state index contributed by atoms with van der Waals surface area (Å²) in [5.74, 6) is -1.46. The first-order valence-electron chi connectivity index (χ1n) is 11.1. The number of nitrogens with one attached hydrogen (secondary N) is 3. The number of guanidine groups is 1. The average molecular weight is 532 g/mol. The summed E-state index contributed by atoms with van der Waals surface area (Å²) in [6.07, 6.45) is -2.26. The van der Waals surface area contributed by atoms with E-state index >= 15 is 0 Å². The number of hydrogen-bond acceptors (Lipinski definition) is 3. The molecule has 0 bridgehead atoms. The number of alkyl halides is 3. The maximum Gasteiger partial charge on any atom is 0.405 e. The Hall–Kier alpha value is -2.40. The fourth-order valence-corrected chi connectivity index (χ4v) is 4.75. The van der Waals surface area contributed by atoms with Crippen LogP contribution < -0.4 is 16.1 Å². The van der Waals surface area contributed by atoms with Crippen LogP contribution >= 0.6 is 23.2 Å². The minimum Gasteiger partial charge on any atom is -0.339 e. The van der Waals surface area contributed by atoms with Gasteiger partial charge in [-0.15, -0.1) is 0 Å². The molecule has 35 heavy (non-hydrogen) atoms. The minimum absolute atomic E-state index is 0.0975. The number of aliphatic imine (C=N–C) groups is 1. The molecular weight excluding hydrogens is 509 g/mol. The molecule has 1 amide bonds. The zero-order valence-electron chi connectivity index (χ0n) is 18.4. The van der Waals surface area contributed by atoms with Crippen molar-refractivity contribution in [3.63, 3.8) is 0 Å². The maximum atomic E-state index is 13.9. The molecule has 0 spiro atoms. The van der Waals surface area contributed by atoms with Crippen LogP contribution in [0, 0.1) is 5.82 Å². The van der Waals surface area contributed by atoms with E-state index in [0.717, 1.165) is 37.8 Å². The highest BCUT2D eigenvalue weighted by Crippen LogP contribution is 2.33. The molecule has 2 fully saturated rings. The summed E-state index contributed by atoms with van der Waals surface area (Å²) in [7, 11) is 0. The number of carbonyl (C=O) groups excluding carboxylic acids is 1. The number of hydrazine groups is 1. The second-order valence-electron chi connectivity index (χ2n) is 8.52. The standard InChI is InChI=1S/C23H23Cl2F4N5O/c24-14-5-3-4-13(8-14)21(35)32-22(30-17-10-15(25)9-16(26)11-17)31-20-12-19(23(27,28)29)33-34(20)18-6-1-2-7-18/h3-5,8-11,18-20,33H,1-2,6-7,12H2,(H2,30,31,32,35). The number of benzene rings is 2. The van der Waals surface area contributed by atoms with Crippen molar-refractivity contribution >= 4 is 40.8 Å². The predicted molar refractivity (Wildman–Crippen MR) is 127 cm³/mol. The number of nitrogens with zero attached hydrogens (tertiary/aromatic N) is 2. The lowest BCUT2D eigenvalue weighted by molar-refractivity contribution is -0.157. The number of rotatable bonds is 4. The summed E-state index contributed by atoms with van der Waals surface area (Å²) >= 11 is 11.9. The lowest BCUT2D eigenvalue weighted by Crippen LogP contribution is -2.54. The second kappa shape index (κ2) is 10.7. The molecule has 2 unspecified atom stereocenters. The molecule has 1 heterocycles. The van der Waals surface area contributed by atoms with E-state index < -0.39 is 30.1 Å². The van der Waals surface area contributed by atoms with Crippen LogP contribution in [0.1, 0.15) is 42.5 Å². The van der Waals surface area contributed by atoms with Crippen LogP contribution in [0.4, 0.5) is 23.2 Å². The molecule has 1 saturated carbocycles. The van der Waals surface area contributed by atoms with Gasteiger partial charge in [0, 0.05) is 33.8 Å². The molecule has 1 saturated heterocycles. The first kappa shape index (κ1) is 25.7. The van der Waals surface area contributed by atoms with Gasteiger partial charge in [0.2, 0.25) is 5.96 Å². The van der Waals surface area contributed by atoms with Gasteiger partial charge in [-0.3, -0.25) is 4.79 Å². The SMILES string of the molecule is O=C(/N=C(/Nc1cc(F)cc(Cl)c1)NC1CC(C(F)(F)F)NN1C1CCCC1)c1cccc(Cl)c1. The molecule has 0 aromatic heterocycles. The zero-order chi connectivity index (χ0) is 25.2. The smallest absolute Gasteiger partial charge is 0.339 e. The Bertz CT molecular complexity index is 1090. The topological polar surface area (TPSA) is 68.8 Å². The van der Waals surface area contributed by atoms with E-state index in [0.29, 0.717) is 5.02 Å². The van der Waals surface area contributed by atoms with Crippen molar-refractivity contribution in [1.82, 2.24) is 15.8 Å². The molecule has 1 aliphatic carbocycles. The normalized spacial score (nSPS) is 21.9. The van der Waals surface area contributed by atoms with Gasteiger partial charge >= 0.3 is 6.18 Å². The monoisotopic (exact) mass is 531 g/mol. The van der Waals surface area contributed by atoms with Gasteiger partial charge in [-0.05, 0) is 49.2 Å². The second-order valence-corrected chi connectivity index (χ2v) is 9.40. The Kier molecular flexibility index (Phi) is 7.85. The van der Waals surface area contributed by atoms with Crippen molar-refractivity contribution < 1.29 is 22.4 Å². The van der Waals surface area contributed by atoms with Crippen molar-refractivity contribution in [3.05, 3.63) is 63.9 Å². The van der Waals surface area contributed by atoms with Crippen LogP contribution in [0.3, 0.4) is 0 Å². The predicted octanol–water partition coefficient (Wildman–Crippen LogP) is 5.74. The van der Waals surface area contributed by atoms with Crippen molar-refractivity contribution in [2.45, 2.75) is 56.5 Å². The average Bonchev–Trinajstić information content (AvgIpc) is 3.42. The van der Waals surface area contributed by atoms with Gasteiger partial charge in [0.1, 0.15) is 11.9 Å². The molecule has 2 atom stereocenters. The Morgan fingerprint density at radius 2 is 1.83 bits per heavy atom. The van der Waals surface area contributed by atoms with Crippen molar-refractivity contribution in [3.8, 4) is 0 Å². The lowest BCUT2D eigenvalue weighted by atomic mass is 10.2. The highest BCUT2D eigenvalue weighted by atomic mass is 35.5. The molecule has 2 aromatic rings. The van der Waals surface area contributed by atoms with E-state index in [2.05, 4.69) is 21.1 Å². The minimum atomic E-state index is -4.45. The molecule has 3 N–H and O–H groups in total. The number of hydrogen-bond donors (Lipinski definition) is 3. The van der Waals surface area contributed by atoms with Gasteiger partial charge < -0.3 is 10.6 Å². The molecular formula is C23H23Cl2F4N5O. The van der Waals surface area contributed by atoms with Crippen molar-refractivity contribution in [1.29, 1.82) is 0 Å². The molecule has 1 aliphatic heterocycles. The number of anilines is 1. The third-order valence-corrected chi connectivity index (χ3v) is 6.38. The third-order valence-electron chi connectivity index (χ3n) is 5.93.